The third-order valence-electron chi connectivity index (χ3n) is 3.88. The summed E-state index contributed by atoms with van der Waals surface area (Å²) in [5.74, 6) is -0.322. The molecule has 1 amide bonds. The maximum absolute atomic E-state index is 12.5. The molecule has 0 aliphatic carbocycles. The zero-order valence-corrected chi connectivity index (χ0v) is 18.2. The molecule has 5 nitrogen and oxygen atoms in total. The number of likely N-dealkylation sites (N-methyl/N-ethyl adjacent to an activating group) is 1. The van der Waals surface area contributed by atoms with Gasteiger partial charge in [-0.2, -0.15) is 0 Å². The minimum atomic E-state index is -0.230. The Balaban J connectivity index is 0.00000364. The molecule has 0 saturated carbocycles. The number of esters is 1. The number of amides is 1. The highest BCUT2D eigenvalue weighted by atomic mass is 35.5. The van der Waals surface area contributed by atoms with Gasteiger partial charge in [-0.05, 0) is 25.0 Å². The van der Waals surface area contributed by atoms with Crippen molar-refractivity contribution in [2.75, 3.05) is 33.8 Å². The standard InChI is InChI=1S/C19H24N2O3S2.ClH/c1-14-6-8-15(9-7-14)13-16-18(23)21(19(25)26-16)10-4-5-17(22)24-12-11-20(2)3;/h6-9,13H,4-5,10-12H2,1-3H3;1H/b16-13-;. The summed E-state index contributed by atoms with van der Waals surface area (Å²) in [4.78, 5) is 27.7. The Labute approximate surface area is 176 Å². The summed E-state index contributed by atoms with van der Waals surface area (Å²) in [6.45, 7) is 3.66. The highest BCUT2D eigenvalue weighted by Gasteiger charge is 2.31. The number of thioether (sulfide) groups is 1. The highest BCUT2D eigenvalue weighted by molar-refractivity contribution is 8.26. The first-order chi connectivity index (χ1) is 12.4. The lowest BCUT2D eigenvalue weighted by Gasteiger charge is -2.14. The third kappa shape index (κ3) is 7.62. The number of carbonyl (C=O) groups is 2. The van der Waals surface area contributed by atoms with E-state index in [-0.39, 0.29) is 30.7 Å². The molecule has 0 bridgehead atoms. The highest BCUT2D eigenvalue weighted by Crippen LogP contribution is 2.32. The van der Waals surface area contributed by atoms with E-state index in [1.807, 2.05) is 51.4 Å². The van der Waals surface area contributed by atoms with Crippen LogP contribution in [0.25, 0.3) is 6.08 Å². The summed E-state index contributed by atoms with van der Waals surface area (Å²) in [6, 6.07) is 7.98. The van der Waals surface area contributed by atoms with Gasteiger partial charge in [0, 0.05) is 13.0 Å². The SMILES string of the molecule is Cc1ccc(/C=C2\SC(=S)N(CCCC(=O)OCC[NH+](C)C)C2=O)cc1.[Cl-]. The number of nitrogens with zero attached hydrogens (tertiary/aromatic N) is 1. The summed E-state index contributed by atoms with van der Waals surface area (Å²) in [6.07, 6.45) is 2.69. The molecule has 1 aliphatic rings. The molecule has 0 unspecified atom stereocenters. The molecular formula is C19H25ClN2O3S2. The molecule has 0 spiro atoms. The zero-order valence-electron chi connectivity index (χ0n) is 15.8. The number of rotatable bonds is 8. The summed E-state index contributed by atoms with van der Waals surface area (Å²) >= 11 is 6.62. The van der Waals surface area contributed by atoms with Crippen molar-refractivity contribution in [3.05, 3.63) is 40.3 Å². The molecule has 0 radical (unpaired) electrons. The van der Waals surface area contributed by atoms with Crippen LogP contribution in [0.2, 0.25) is 0 Å². The molecule has 0 atom stereocenters. The summed E-state index contributed by atoms with van der Waals surface area (Å²) in [5.41, 5.74) is 2.15. The molecule has 148 valence electrons. The maximum Gasteiger partial charge on any atom is 0.306 e. The van der Waals surface area contributed by atoms with Crippen molar-refractivity contribution in [1.29, 1.82) is 0 Å². The zero-order chi connectivity index (χ0) is 19.1. The van der Waals surface area contributed by atoms with Gasteiger partial charge in [-0.15, -0.1) is 0 Å². The Bertz CT molecular complexity index is 705. The van der Waals surface area contributed by atoms with E-state index in [0.717, 1.165) is 12.1 Å². The van der Waals surface area contributed by atoms with Crippen LogP contribution in [-0.2, 0) is 14.3 Å². The van der Waals surface area contributed by atoms with Crippen LogP contribution in [0.15, 0.2) is 29.2 Å². The van der Waals surface area contributed by atoms with E-state index in [9.17, 15) is 9.59 Å². The van der Waals surface area contributed by atoms with Crippen molar-refractivity contribution >= 4 is 46.3 Å². The fourth-order valence-corrected chi connectivity index (χ4v) is 3.64. The Hall–Kier alpha value is -1.41. The number of thiocarbonyl (C=S) groups is 1. The number of carbonyl (C=O) groups excluding carboxylic acids is 2. The smallest absolute Gasteiger partial charge is 0.306 e. The monoisotopic (exact) mass is 428 g/mol. The van der Waals surface area contributed by atoms with Gasteiger partial charge in [0.2, 0.25) is 0 Å². The summed E-state index contributed by atoms with van der Waals surface area (Å²) in [7, 11) is 4.01. The average Bonchev–Trinajstić information content (AvgIpc) is 2.84. The molecule has 27 heavy (non-hydrogen) atoms. The van der Waals surface area contributed by atoms with Crippen molar-refractivity contribution in [3.8, 4) is 0 Å². The lowest BCUT2D eigenvalue weighted by atomic mass is 10.1. The minimum absolute atomic E-state index is 0. The predicted octanol–water partition coefficient (Wildman–Crippen LogP) is -1.33. The van der Waals surface area contributed by atoms with Crippen LogP contribution >= 0.6 is 24.0 Å². The molecule has 1 aliphatic heterocycles. The first-order valence-corrected chi connectivity index (χ1v) is 9.86. The van der Waals surface area contributed by atoms with Crippen LogP contribution in [0.3, 0.4) is 0 Å². The Morgan fingerprint density at radius 3 is 2.59 bits per heavy atom. The van der Waals surface area contributed by atoms with E-state index < -0.39 is 0 Å². The molecule has 1 fully saturated rings. The molecule has 1 N–H and O–H groups in total. The number of benzene rings is 1. The van der Waals surface area contributed by atoms with Crippen LogP contribution in [0, 0.1) is 6.92 Å². The second-order valence-corrected chi connectivity index (χ2v) is 8.20. The number of hydrogen-bond acceptors (Lipinski definition) is 5. The van der Waals surface area contributed by atoms with Gasteiger partial charge >= 0.3 is 5.97 Å². The van der Waals surface area contributed by atoms with Gasteiger partial charge in [0.1, 0.15) is 17.5 Å². The van der Waals surface area contributed by atoms with E-state index in [1.54, 1.807) is 4.90 Å². The molecule has 8 heteroatoms. The second kappa shape index (κ2) is 11.4. The van der Waals surface area contributed by atoms with E-state index in [4.69, 9.17) is 17.0 Å². The van der Waals surface area contributed by atoms with Crippen LogP contribution < -0.4 is 17.3 Å². The van der Waals surface area contributed by atoms with E-state index in [0.29, 0.717) is 28.8 Å². The van der Waals surface area contributed by atoms with Gasteiger partial charge in [-0.1, -0.05) is 53.8 Å². The largest absolute Gasteiger partial charge is 1.00 e. The molecule has 1 aromatic carbocycles. The van der Waals surface area contributed by atoms with E-state index in [2.05, 4.69) is 0 Å². The van der Waals surface area contributed by atoms with Gasteiger partial charge in [-0.3, -0.25) is 14.5 Å². The minimum Gasteiger partial charge on any atom is -1.00 e. The lowest BCUT2D eigenvalue weighted by Crippen LogP contribution is -3.06. The fraction of sp³-hybridized carbons (Fsp3) is 0.421. The van der Waals surface area contributed by atoms with E-state index >= 15 is 0 Å². The third-order valence-corrected chi connectivity index (χ3v) is 5.25. The molecule has 2 rings (SSSR count). The first kappa shape index (κ1) is 23.6. The summed E-state index contributed by atoms with van der Waals surface area (Å²) < 4.78 is 5.71. The Kier molecular flexibility index (Phi) is 10.0. The summed E-state index contributed by atoms with van der Waals surface area (Å²) in [5, 5.41) is 0. The van der Waals surface area contributed by atoms with Gasteiger partial charge in [0.25, 0.3) is 5.91 Å². The number of ether oxygens (including phenoxy) is 1. The normalized spacial score (nSPS) is 15.4. The average molecular weight is 429 g/mol. The molecule has 0 aromatic heterocycles. The van der Waals surface area contributed by atoms with Crippen molar-refractivity contribution in [3.63, 3.8) is 0 Å². The Morgan fingerprint density at radius 1 is 1.30 bits per heavy atom. The number of hydrogen-bond donors (Lipinski definition) is 1. The van der Waals surface area contributed by atoms with Gasteiger partial charge < -0.3 is 22.0 Å². The number of nitrogens with one attached hydrogen (secondary N) is 1. The Morgan fingerprint density at radius 2 is 1.96 bits per heavy atom. The second-order valence-electron chi connectivity index (χ2n) is 6.53. The van der Waals surface area contributed by atoms with Crippen molar-refractivity contribution in [2.24, 2.45) is 0 Å². The molecular weight excluding hydrogens is 404 g/mol. The van der Waals surface area contributed by atoms with Gasteiger partial charge in [-0.25, -0.2) is 0 Å². The van der Waals surface area contributed by atoms with Crippen molar-refractivity contribution in [2.45, 2.75) is 19.8 Å². The quantitative estimate of drug-likeness (QED) is 0.316. The van der Waals surface area contributed by atoms with Crippen LogP contribution in [0.5, 0.6) is 0 Å². The first-order valence-electron chi connectivity index (χ1n) is 8.63. The predicted molar refractivity (Wildman–Crippen MR) is 109 cm³/mol. The van der Waals surface area contributed by atoms with Crippen LogP contribution in [0.1, 0.15) is 24.0 Å². The topological polar surface area (TPSA) is 51.1 Å². The van der Waals surface area contributed by atoms with Gasteiger partial charge in [0.15, 0.2) is 0 Å². The molecule has 1 heterocycles. The fourth-order valence-electron chi connectivity index (χ4n) is 2.33. The molecule has 1 saturated heterocycles. The maximum atomic E-state index is 12.5. The number of halogens is 1. The van der Waals surface area contributed by atoms with Crippen molar-refractivity contribution in [1.82, 2.24) is 4.90 Å². The lowest BCUT2D eigenvalue weighted by molar-refractivity contribution is -0.858. The van der Waals surface area contributed by atoms with Crippen LogP contribution in [-0.4, -0.2) is 54.9 Å². The van der Waals surface area contributed by atoms with E-state index in [1.165, 1.54) is 22.2 Å². The van der Waals surface area contributed by atoms with Crippen LogP contribution in [0.4, 0.5) is 0 Å². The van der Waals surface area contributed by atoms with Crippen molar-refractivity contribution < 1.29 is 31.6 Å². The van der Waals surface area contributed by atoms with Gasteiger partial charge in [0.05, 0.1) is 19.0 Å². The molecule has 1 aromatic rings. The number of quaternary nitrogens is 1. The number of aryl methyl sites for hydroxylation is 1.